The molecule has 1 saturated carbocycles. The van der Waals surface area contributed by atoms with Crippen LogP contribution in [-0.4, -0.2) is 37.9 Å². The topological polar surface area (TPSA) is 91.6 Å². The number of carbonyl (C=O) groups is 1. The first-order chi connectivity index (χ1) is 9.74. The normalized spacial score (nSPS) is 22.6. The molecule has 106 valence electrons. The Kier molecular flexibility index (Phi) is 3.51. The van der Waals surface area contributed by atoms with Crippen LogP contribution < -0.4 is 10.6 Å². The van der Waals surface area contributed by atoms with Gasteiger partial charge in [-0.3, -0.25) is 9.72 Å². The smallest absolute Gasteiger partial charge is 0.321 e. The second kappa shape index (κ2) is 5.46. The molecule has 0 saturated heterocycles. The second-order valence-corrected chi connectivity index (χ2v) is 5.01. The molecule has 3 rings (SSSR count). The van der Waals surface area contributed by atoms with Crippen LogP contribution in [-0.2, 0) is 0 Å². The molecule has 0 aliphatic heterocycles. The number of nitrogens with one attached hydrogen (secondary N) is 2. The van der Waals surface area contributed by atoms with Crippen LogP contribution in [0, 0.1) is 0 Å². The summed E-state index contributed by atoms with van der Waals surface area (Å²) in [7, 11) is 0. The highest BCUT2D eigenvalue weighted by Gasteiger charge is 2.24. The van der Waals surface area contributed by atoms with E-state index in [1.54, 1.807) is 16.7 Å². The lowest BCUT2D eigenvalue weighted by atomic mass is 9.93. The van der Waals surface area contributed by atoms with E-state index in [4.69, 9.17) is 0 Å². The fraction of sp³-hybridized carbons (Fsp3) is 0.462. The van der Waals surface area contributed by atoms with Crippen LogP contribution in [0.2, 0.25) is 0 Å². The van der Waals surface area contributed by atoms with Gasteiger partial charge in [-0.1, -0.05) is 18.9 Å². The zero-order chi connectivity index (χ0) is 13.9. The van der Waals surface area contributed by atoms with E-state index in [9.17, 15) is 9.90 Å². The number of anilines is 1. The third-order valence-electron chi connectivity index (χ3n) is 3.59. The lowest BCUT2D eigenvalue weighted by Gasteiger charge is -2.28. The molecule has 0 radical (unpaired) electrons. The minimum atomic E-state index is -0.468. The van der Waals surface area contributed by atoms with Crippen LogP contribution in [0.5, 0.6) is 0 Å². The molecular weight excluding hydrogens is 258 g/mol. The molecule has 2 heterocycles. The summed E-state index contributed by atoms with van der Waals surface area (Å²) in [6.45, 7) is 0. The largest absolute Gasteiger partial charge is 0.391 e. The maximum atomic E-state index is 12.0. The monoisotopic (exact) mass is 275 g/mol. The summed E-state index contributed by atoms with van der Waals surface area (Å²) in [6.07, 6.45) is 4.88. The Bertz CT molecular complexity index is 612. The number of pyridine rings is 1. The first-order valence-electron chi connectivity index (χ1n) is 6.79. The van der Waals surface area contributed by atoms with Gasteiger partial charge in [-0.25, -0.2) is 4.79 Å². The maximum Gasteiger partial charge on any atom is 0.321 e. The molecule has 2 atom stereocenters. The molecule has 2 amide bonds. The van der Waals surface area contributed by atoms with Crippen molar-refractivity contribution >= 4 is 17.6 Å². The van der Waals surface area contributed by atoms with Gasteiger partial charge in [-0.05, 0) is 25.0 Å². The van der Waals surface area contributed by atoms with E-state index in [-0.39, 0.29) is 12.1 Å². The van der Waals surface area contributed by atoms with Crippen molar-refractivity contribution in [1.29, 1.82) is 0 Å². The van der Waals surface area contributed by atoms with Crippen LogP contribution >= 0.6 is 0 Å². The van der Waals surface area contributed by atoms with Crippen molar-refractivity contribution in [2.45, 2.75) is 37.8 Å². The van der Waals surface area contributed by atoms with Crippen LogP contribution in [0.25, 0.3) is 5.65 Å². The van der Waals surface area contributed by atoms with E-state index in [1.165, 1.54) is 0 Å². The fourth-order valence-electron chi connectivity index (χ4n) is 2.51. The summed E-state index contributed by atoms with van der Waals surface area (Å²) in [5.74, 6) is 0.364. The molecule has 2 aromatic rings. The first-order valence-corrected chi connectivity index (χ1v) is 6.79. The Morgan fingerprint density at radius 2 is 2.15 bits per heavy atom. The highest BCUT2D eigenvalue weighted by Crippen LogP contribution is 2.18. The van der Waals surface area contributed by atoms with E-state index >= 15 is 0 Å². The number of nitrogens with zero attached hydrogens (tertiary/aromatic N) is 3. The average molecular weight is 275 g/mol. The number of rotatable bonds is 2. The number of urea groups is 1. The van der Waals surface area contributed by atoms with Crippen molar-refractivity contribution in [3.05, 3.63) is 24.4 Å². The van der Waals surface area contributed by atoms with Gasteiger partial charge in [0, 0.05) is 6.20 Å². The number of aromatic nitrogens is 3. The fourth-order valence-corrected chi connectivity index (χ4v) is 2.51. The van der Waals surface area contributed by atoms with E-state index in [0.29, 0.717) is 11.6 Å². The molecule has 0 aromatic carbocycles. The molecule has 1 aliphatic rings. The Morgan fingerprint density at radius 1 is 1.30 bits per heavy atom. The van der Waals surface area contributed by atoms with Crippen molar-refractivity contribution in [3.63, 3.8) is 0 Å². The maximum absolute atomic E-state index is 12.0. The standard InChI is InChI=1S/C13H17N5O2/c19-10-6-2-1-5-9(10)14-13(20)15-12-17-16-11-7-3-4-8-18(11)12/h3-4,7-10,19H,1-2,5-6H2,(H2,14,15,17,20). The van der Waals surface area contributed by atoms with Crippen LogP contribution in [0.3, 0.4) is 0 Å². The molecule has 3 N–H and O–H groups in total. The number of aliphatic hydroxyl groups is 1. The summed E-state index contributed by atoms with van der Waals surface area (Å²) in [5.41, 5.74) is 0.667. The van der Waals surface area contributed by atoms with Crippen molar-refractivity contribution < 1.29 is 9.90 Å². The number of carbonyl (C=O) groups excluding carboxylic acids is 1. The molecule has 20 heavy (non-hydrogen) atoms. The van der Waals surface area contributed by atoms with E-state index in [1.807, 2.05) is 12.1 Å². The zero-order valence-corrected chi connectivity index (χ0v) is 11.0. The summed E-state index contributed by atoms with van der Waals surface area (Å²) in [4.78, 5) is 12.0. The van der Waals surface area contributed by atoms with Crippen LogP contribution in [0.15, 0.2) is 24.4 Å². The van der Waals surface area contributed by atoms with Gasteiger partial charge in [0.05, 0.1) is 12.1 Å². The number of amides is 2. The van der Waals surface area contributed by atoms with Gasteiger partial charge >= 0.3 is 6.03 Å². The quantitative estimate of drug-likeness (QED) is 0.766. The molecule has 7 heteroatoms. The van der Waals surface area contributed by atoms with Crippen molar-refractivity contribution in [1.82, 2.24) is 19.9 Å². The van der Waals surface area contributed by atoms with Gasteiger partial charge in [0.25, 0.3) is 0 Å². The minimum absolute atomic E-state index is 0.192. The third-order valence-corrected chi connectivity index (χ3v) is 3.59. The SMILES string of the molecule is O=C(Nc1nnc2ccccn12)NC1CCCCC1O. The predicted molar refractivity (Wildman–Crippen MR) is 73.4 cm³/mol. The molecule has 7 nitrogen and oxygen atoms in total. The van der Waals surface area contributed by atoms with Crippen LogP contribution in [0.4, 0.5) is 10.7 Å². The number of hydrogen-bond donors (Lipinski definition) is 3. The molecule has 2 unspecified atom stereocenters. The summed E-state index contributed by atoms with van der Waals surface area (Å²) in [5, 5.41) is 23.2. The number of hydrogen-bond acceptors (Lipinski definition) is 4. The van der Waals surface area contributed by atoms with E-state index in [2.05, 4.69) is 20.8 Å². The number of fused-ring (bicyclic) bond motifs is 1. The minimum Gasteiger partial charge on any atom is -0.391 e. The van der Waals surface area contributed by atoms with Gasteiger partial charge in [0.2, 0.25) is 5.95 Å². The highest BCUT2D eigenvalue weighted by atomic mass is 16.3. The molecule has 1 fully saturated rings. The van der Waals surface area contributed by atoms with Crippen molar-refractivity contribution in [3.8, 4) is 0 Å². The van der Waals surface area contributed by atoms with Crippen molar-refractivity contribution in [2.24, 2.45) is 0 Å². The Hall–Kier alpha value is -2.15. The van der Waals surface area contributed by atoms with Crippen molar-refractivity contribution in [2.75, 3.05) is 5.32 Å². The second-order valence-electron chi connectivity index (χ2n) is 5.01. The van der Waals surface area contributed by atoms with Gasteiger partial charge in [0.1, 0.15) is 0 Å². The van der Waals surface area contributed by atoms with E-state index < -0.39 is 6.10 Å². The summed E-state index contributed by atoms with van der Waals surface area (Å²) < 4.78 is 1.69. The molecule has 0 spiro atoms. The van der Waals surface area contributed by atoms with Gasteiger partial charge in [-0.15, -0.1) is 10.2 Å². The number of aliphatic hydroxyl groups excluding tert-OH is 1. The molecule has 1 aliphatic carbocycles. The van der Waals surface area contributed by atoms with Gasteiger partial charge in [-0.2, -0.15) is 0 Å². The highest BCUT2D eigenvalue weighted by molar-refractivity contribution is 5.88. The zero-order valence-electron chi connectivity index (χ0n) is 11.0. The summed E-state index contributed by atoms with van der Waals surface area (Å²) in [6, 6.07) is 4.94. The molecular formula is C13H17N5O2. The van der Waals surface area contributed by atoms with E-state index in [0.717, 1.165) is 25.7 Å². The third kappa shape index (κ3) is 2.57. The summed E-state index contributed by atoms with van der Waals surface area (Å²) >= 11 is 0. The van der Waals surface area contributed by atoms with Gasteiger partial charge in [0.15, 0.2) is 5.65 Å². The van der Waals surface area contributed by atoms with Crippen LogP contribution in [0.1, 0.15) is 25.7 Å². The lowest BCUT2D eigenvalue weighted by Crippen LogP contribution is -2.46. The first kappa shape index (κ1) is 12.9. The molecule has 0 bridgehead atoms. The average Bonchev–Trinajstić information content (AvgIpc) is 2.85. The Morgan fingerprint density at radius 3 is 3.00 bits per heavy atom. The Balaban J connectivity index is 1.66. The lowest BCUT2D eigenvalue weighted by molar-refractivity contribution is 0.0955. The molecule has 2 aromatic heterocycles. The predicted octanol–water partition coefficient (Wildman–Crippen LogP) is 1.15. The van der Waals surface area contributed by atoms with Gasteiger partial charge < -0.3 is 10.4 Å². The Labute approximate surface area is 116 Å².